The van der Waals surface area contributed by atoms with Crippen LogP contribution < -0.4 is 19.3 Å². The van der Waals surface area contributed by atoms with E-state index in [1.54, 1.807) is 25.4 Å². The van der Waals surface area contributed by atoms with E-state index in [1.807, 2.05) is 29.5 Å². The van der Waals surface area contributed by atoms with E-state index < -0.39 is 18.7 Å². The Morgan fingerprint density at radius 1 is 1.27 bits per heavy atom. The molecule has 212 valence electrons. The molecule has 3 heterocycles. The molecule has 1 N–H and O–H groups in total. The van der Waals surface area contributed by atoms with E-state index in [4.69, 9.17) is 14.5 Å². The first-order chi connectivity index (χ1) is 19.3. The van der Waals surface area contributed by atoms with Crippen LogP contribution in [0.25, 0.3) is 22.4 Å². The average Bonchev–Trinajstić information content (AvgIpc) is 3.65. The maximum Gasteiger partial charge on any atom is 0.304 e. The largest absolute Gasteiger partial charge is 0.488 e. The van der Waals surface area contributed by atoms with Crippen LogP contribution in [0.4, 0.5) is 15.3 Å². The lowest BCUT2D eigenvalue weighted by Crippen LogP contribution is -2.35. The summed E-state index contributed by atoms with van der Waals surface area (Å²) in [7, 11) is 3.60. The zero-order valence-electron chi connectivity index (χ0n) is 22.6. The number of aliphatic carboxylic acids is 1. The summed E-state index contributed by atoms with van der Waals surface area (Å²) in [5.74, 6) is 0.340. The molecule has 0 unspecified atom stereocenters. The number of pyridine rings is 1. The highest BCUT2D eigenvalue weighted by atomic mass is 32.1. The van der Waals surface area contributed by atoms with Crippen LogP contribution in [0.3, 0.4) is 0 Å². The van der Waals surface area contributed by atoms with Gasteiger partial charge in [0.15, 0.2) is 16.7 Å². The van der Waals surface area contributed by atoms with Gasteiger partial charge in [0.25, 0.3) is 0 Å². The van der Waals surface area contributed by atoms with Crippen molar-refractivity contribution in [2.45, 2.75) is 38.5 Å². The first-order valence-corrected chi connectivity index (χ1v) is 14.3. The second kappa shape index (κ2) is 12.2. The van der Waals surface area contributed by atoms with E-state index in [0.29, 0.717) is 46.8 Å². The minimum absolute atomic E-state index is 0.201. The van der Waals surface area contributed by atoms with Gasteiger partial charge in [-0.15, -0.1) is 11.3 Å². The number of hydrogen-bond donors (Lipinski definition) is 1. The molecule has 40 heavy (non-hydrogen) atoms. The molecule has 0 radical (unpaired) electrons. The number of thiazole rings is 1. The molecule has 1 aliphatic heterocycles. The summed E-state index contributed by atoms with van der Waals surface area (Å²) in [5.41, 5.74) is 2.87. The van der Waals surface area contributed by atoms with E-state index >= 15 is 0 Å². The summed E-state index contributed by atoms with van der Waals surface area (Å²) in [6.45, 7) is 0.344. The third-order valence-corrected chi connectivity index (χ3v) is 8.57. The topological polar surface area (TPSA) is 105 Å². The maximum atomic E-state index is 13.4. The van der Waals surface area contributed by atoms with E-state index in [2.05, 4.69) is 4.98 Å². The Hall–Kier alpha value is -3.73. The number of halogens is 1. The van der Waals surface area contributed by atoms with Gasteiger partial charge in [0, 0.05) is 42.7 Å². The minimum Gasteiger partial charge on any atom is -0.488 e. The Morgan fingerprint density at radius 2 is 2.08 bits per heavy atom. The number of aromatic nitrogens is 2. The number of hydrogen-bond acceptors (Lipinski definition) is 8. The van der Waals surface area contributed by atoms with E-state index in [9.17, 15) is 19.1 Å². The lowest BCUT2D eigenvalue weighted by molar-refractivity contribution is -0.140. The SMILES string of the molecule is CN1CCOc2cc(-c3ccc(OCF)cc3-c3csc(N(C)C(=O)[C@@H](CC(=O)O)CC4CCCC4)n3)cnc21. The van der Waals surface area contributed by atoms with Crippen LogP contribution in [-0.2, 0) is 9.59 Å². The fourth-order valence-electron chi connectivity index (χ4n) is 5.56. The Labute approximate surface area is 236 Å². The fraction of sp³-hybridized carbons (Fsp3) is 0.448. The van der Waals surface area contributed by atoms with Gasteiger partial charge in [-0.25, -0.2) is 14.4 Å². The van der Waals surface area contributed by atoms with Crippen molar-refractivity contribution >= 4 is 34.2 Å². The van der Waals surface area contributed by atoms with E-state index in [-0.39, 0.29) is 12.3 Å². The van der Waals surface area contributed by atoms with E-state index in [1.165, 1.54) is 16.2 Å². The first-order valence-electron chi connectivity index (χ1n) is 13.5. The Bertz CT molecular complexity index is 1380. The van der Waals surface area contributed by atoms with Crippen LogP contribution in [0.15, 0.2) is 35.8 Å². The molecular weight excluding hydrogens is 535 g/mol. The summed E-state index contributed by atoms with van der Waals surface area (Å²) in [6.07, 6.45) is 6.46. The molecule has 1 amide bonds. The molecule has 0 bridgehead atoms. The summed E-state index contributed by atoms with van der Waals surface area (Å²) in [5, 5.41) is 11.8. The quantitative estimate of drug-likeness (QED) is 0.335. The predicted molar refractivity (Wildman–Crippen MR) is 152 cm³/mol. The van der Waals surface area contributed by atoms with Crippen LogP contribution in [0, 0.1) is 11.8 Å². The molecule has 11 heteroatoms. The molecule has 3 aromatic rings. The number of carbonyl (C=O) groups excluding carboxylic acids is 1. The number of ether oxygens (including phenoxy) is 2. The maximum absolute atomic E-state index is 13.4. The number of amides is 1. The second-order valence-electron chi connectivity index (χ2n) is 10.4. The number of carboxylic acid groups (broad SMARTS) is 1. The van der Waals surface area contributed by atoms with Crippen LogP contribution in [0.2, 0.25) is 0 Å². The minimum atomic E-state index is -0.979. The Morgan fingerprint density at radius 3 is 2.83 bits per heavy atom. The highest BCUT2D eigenvalue weighted by molar-refractivity contribution is 7.14. The number of fused-ring (bicyclic) bond motifs is 1. The summed E-state index contributed by atoms with van der Waals surface area (Å²) in [6, 6.07) is 7.16. The molecular formula is C29H33FN4O5S. The van der Waals surface area contributed by atoms with Gasteiger partial charge in [-0.05, 0) is 42.2 Å². The number of carbonyl (C=O) groups is 2. The summed E-state index contributed by atoms with van der Waals surface area (Å²) >= 11 is 1.29. The first kappa shape index (κ1) is 27.8. The molecule has 2 aromatic heterocycles. The van der Waals surface area contributed by atoms with Crippen LogP contribution in [0.1, 0.15) is 38.5 Å². The zero-order chi connectivity index (χ0) is 28.2. The Kier molecular flexibility index (Phi) is 8.49. The van der Waals surface area contributed by atoms with Gasteiger partial charge in [-0.2, -0.15) is 0 Å². The van der Waals surface area contributed by atoms with Crippen molar-refractivity contribution in [2.24, 2.45) is 11.8 Å². The van der Waals surface area contributed by atoms with Crippen LogP contribution in [-0.4, -0.2) is 61.1 Å². The number of likely N-dealkylation sites (N-methyl/N-ethyl adjacent to an activating group) is 1. The molecule has 0 saturated heterocycles. The number of rotatable bonds is 10. The van der Waals surface area contributed by atoms with Crippen LogP contribution >= 0.6 is 11.3 Å². The van der Waals surface area contributed by atoms with Crippen molar-refractivity contribution < 1.29 is 28.6 Å². The second-order valence-corrected chi connectivity index (χ2v) is 11.2. The fourth-order valence-corrected chi connectivity index (χ4v) is 6.35. The molecule has 1 fully saturated rings. The van der Waals surface area contributed by atoms with Crippen molar-refractivity contribution in [3.8, 4) is 33.9 Å². The number of anilines is 2. The smallest absolute Gasteiger partial charge is 0.304 e. The summed E-state index contributed by atoms with van der Waals surface area (Å²) < 4.78 is 24.0. The molecule has 1 saturated carbocycles. The lowest BCUT2D eigenvalue weighted by Gasteiger charge is -2.26. The molecule has 1 aliphatic carbocycles. The van der Waals surface area contributed by atoms with Gasteiger partial charge in [0.1, 0.15) is 12.4 Å². The van der Waals surface area contributed by atoms with Crippen molar-refractivity contribution in [2.75, 3.05) is 43.9 Å². The predicted octanol–water partition coefficient (Wildman–Crippen LogP) is 5.64. The monoisotopic (exact) mass is 568 g/mol. The van der Waals surface area contributed by atoms with Crippen molar-refractivity contribution in [3.05, 3.63) is 35.8 Å². The number of nitrogens with zero attached hydrogens (tertiary/aromatic N) is 4. The average molecular weight is 569 g/mol. The normalized spacial score (nSPS) is 15.8. The Balaban J connectivity index is 1.45. The number of carboxylic acids is 1. The lowest BCUT2D eigenvalue weighted by atomic mass is 9.90. The molecule has 1 atom stereocenters. The highest BCUT2D eigenvalue weighted by Gasteiger charge is 2.31. The molecule has 9 nitrogen and oxygen atoms in total. The van der Waals surface area contributed by atoms with Gasteiger partial charge in [0.05, 0.1) is 18.7 Å². The highest BCUT2D eigenvalue weighted by Crippen LogP contribution is 2.40. The molecule has 2 aliphatic rings. The third-order valence-electron chi connectivity index (χ3n) is 7.65. The van der Waals surface area contributed by atoms with E-state index in [0.717, 1.165) is 49.2 Å². The van der Waals surface area contributed by atoms with Crippen molar-refractivity contribution in [1.29, 1.82) is 0 Å². The van der Waals surface area contributed by atoms with Gasteiger partial charge in [-0.1, -0.05) is 25.7 Å². The molecule has 5 rings (SSSR count). The third kappa shape index (κ3) is 6.04. The van der Waals surface area contributed by atoms with Crippen molar-refractivity contribution in [1.82, 2.24) is 9.97 Å². The standard InChI is InChI=1S/C29H33FN4O5S/c1-33-9-10-38-25-12-20(15-31-27(25)33)22-8-7-21(39-17-30)14-23(22)24-16-40-29(32-24)34(2)28(37)19(13-26(35)36)11-18-5-3-4-6-18/h7-8,12,14-16,18-19H,3-6,9-11,13,17H2,1-2H3,(H,35,36)/t19-/m1/s1. The van der Waals surface area contributed by atoms with Gasteiger partial charge in [-0.3, -0.25) is 14.5 Å². The summed E-state index contributed by atoms with van der Waals surface area (Å²) in [4.78, 5) is 37.9. The van der Waals surface area contributed by atoms with Gasteiger partial charge < -0.3 is 19.5 Å². The number of alkyl halides is 1. The number of benzene rings is 1. The van der Waals surface area contributed by atoms with Crippen molar-refractivity contribution in [3.63, 3.8) is 0 Å². The zero-order valence-corrected chi connectivity index (χ0v) is 23.5. The van der Waals surface area contributed by atoms with Gasteiger partial charge >= 0.3 is 5.97 Å². The van der Waals surface area contributed by atoms with Gasteiger partial charge in [0.2, 0.25) is 12.8 Å². The molecule has 1 aromatic carbocycles. The molecule has 0 spiro atoms. The van der Waals surface area contributed by atoms with Crippen LogP contribution in [0.5, 0.6) is 11.5 Å².